The fourth-order valence-electron chi connectivity index (χ4n) is 1.29. The Balaban J connectivity index is 2.87. The molecule has 16 heavy (non-hydrogen) atoms. The summed E-state index contributed by atoms with van der Waals surface area (Å²) in [5.41, 5.74) is 6.30. The molecule has 0 saturated carbocycles. The van der Waals surface area contributed by atoms with Gasteiger partial charge < -0.3 is 16.0 Å². The summed E-state index contributed by atoms with van der Waals surface area (Å²) in [4.78, 5) is 0.957. The largest absolute Gasteiger partial charge is 0.409 e. The van der Waals surface area contributed by atoms with Gasteiger partial charge in [-0.3, -0.25) is 0 Å². The molecule has 1 rings (SSSR count). The van der Waals surface area contributed by atoms with Crippen LogP contribution in [0.3, 0.4) is 0 Å². The molecule has 0 radical (unpaired) electrons. The molecular formula is C11H16N2O2S. The zero-order valence-corrected chi connectivity index (χ0v) is 9.94. The van der Waals surface area contributed by atoms with Gasteiger partial charge in [0.15, 0.2) is 5.84 Å². The lowest BCUT2D eigenvalue weighted by Crippen LogP contribution is -2.14. The van der Waals surface area contributed by atoms with Gasteiger partial charge in [0.25, 0.3) is 0 Å². The molecule has 0 saturated heterocycles. The van der Waals surface area contributed by atoms with Crippen LogP contribution in [0.4, 0.5) is 0 Å². The van der Waals surface area contributed by atoms with Gasteiger partial charge in [-0.05, 0) is 12.5 Å². The summed E-state index contributed by atoms with van der Waals surface area (Å²) < 4.78 is 0. The number of aliphatic hydroxyl groups is 1. The van der Waals surface area contributed by atoms with Gasteiger partial charge in [-0.2, -0.15) is 0 Å². The molecule has 0 aliphatic rings. The van der Waals surface area contributed by atoms with Gasteiger partial charge in [-0.25, -0.2) is 0 Å². The number of oxime groups is 1. The molecule has 0 fully saturated rings. The number of nitrogens with two attached hydrogens (primary N) is 1. The molecule has 0 bridgehead atoms. The third-order valence-electron chi connectivity index (χ3n) is 2.13. The van der Waals surface area contributed by atoms with Gasteiger partial charge in [-0.15, -0.1) is 11.8 Å². The highest BCUT2D eigenvalue weighted by Crippen LogP contribution is 2.28. The highest BCUT2D eigenvalue weighted by atomic mass is 32.2. The standard InChI is InChI=1S/C11H16N2O2S/c1-8(6-7-14)16-10-5-3-2-4-9(10)11(12)13-15/h2-5,8,14-15H,6-7H2,1H3,(H2,12,13). The first-order valence-electron chi connectivity index (χ1n) is 5.03. The number of rotatable bonds is 5. The average molecular weight is 240 g/mol. The minimum absolute atomic E-state index is 0.110. The van der Waals surface area contributed by atoms with Crippen molar-refractivity contribution in [2.24, 2.45) is 10.9 Å². The van der Waals surface area contributed by atoms with Crippen LogP contribution in [0.2, 0.25) is 0 Å². The Kier molecular flexibility index (Phi) is 5.14. The van der Waals surface area contributed by atoms with E-state index in [4.69, 9.17) is 16.0 Å². The lowest BCUT2D eigenvalue weighted by atomic mass is 10.2. The zero-order chi connectivity index (χ0) is 12.0. The Bertz CT molecular complexity index is 369. The molecule has 1 aromatic carbocycles. The molecule has 0 amide bonds. The predicted molar refractivity (Wildman–Crippen MR) is 66.0 cm³/mol. The van der Waals surface area contributed by atoms with Crippen molar-refractivity contribution in [3.05, 3.63) is 29.8 Å². The van der Waals surface area contributed by atoms with E-state index in [2.05, 4.69) is 5.16 Å². The second kappa shape index (κ2) is 6.40. The number of hydrogen-bond acceptors (Lipinski definition) is 4. The van der Waals surface area contributed by atoms with Gasteiger partial charge in [0.2, 0.25) is 0 Å². The van der Waals surface area contributed by atoms with Crippen molar-refractivity contribution >= 4 is 17.6 Å². The fourth-order valence-corrected chi connectivity index (χ4v) is 2.41. The van der Waals surface area contributed by atoms with Crippen molar-refractivity contribution in [2.75, 3.05) is 6.61 Å². The topological polar surface area (TPSA) is 78.8 Å². The first-order chi connectivity index (χ1) is 7.69. The zero-order valence-electron chi connectivity index (χ0n) is 9.13. The molecule has 1 aromatic rings. The molecule has 88 valence electrons. The Hall–Kier alpha value is -1.20. The van der Waals surface area contributed by atoms with Crippen LogP contribution in [0, 0.1) is 0 Å². The molecule has 0 heterocycles. The monoisotopic (exact) mass is 240 g/mol. The summed E-state index contributed by atoms with van der Waals surface area (Å²) in [5, 5.41) is 20.8. The van der Waals surface area contributed by atoms with Crippen LogP contribution in [-0.2, 0) is 0 Å². The third kappa shape index (κ3) is 3.43. The van der Waals surface area contributed by atoms with Crippen LogP contribution in [0.1, 0.15) is 18.9 Å². The van der Waals surface area contributed by atoms with Crippen molar-refractivity contribution in [2.45, 2.75) is 23.5 Å². The lowest BCUT2D eigenvalue weighted by molar-refractivity contribution is 0.289. The van der Waals surface area contributed by atoms with Crippen molar-refractivity contribution in [1.82, 2.24) is 0 Å². The molecule has 1 unspecified atom stereocenters. The van der Waals surface area contributed by atoms with E-state index in [0.717, 1.165) is 16.9 Å². The summed E-state index contributed by atoms with van der Waals surface area (Å²) in [6, 6.07) is 7.48. The molecule has 0 aliphatic carbocycles. The van der Waals surface area contributed by atoms with Crippen molar-refractivity contribution < 1.29 is 10.3 Å². The van der Waals surface area contributed by atoms with Crippen molar-refractivity contribution in [1.29, 1.82) is 0 Å². The van der Waals surface area contributed by atoms with E-state index in [1.54, 1.807) is 11.8 Å². The van der Waals surface area contributed by atoms with Crippen LogP contribution in [0.5, 0.6) is 0 Å². The highest BCUT2D eigenvalue weighted by Gasteiger charge is 2.10. The van der Waals surface area contributed by atoms with Gasteiger partial charge in [0, 0.05) is 22.3 Å². The van der Waals surface area contributed by atoms with Crippen molar-refractivity contribution in [3.8, 4) is 0 Å². The Labute approximate surface area is 99.2 Å². The molecule has 1 atom stereocenters. The van der Waals surface area contributed by atoms with E-state index in [-0.39, 0.29) is 17.7 Å². The summed E-state index contributed by atoms with van der Waals surface area (Å²) >= 11 is 1.61. The normalized spacial score (nSPS) is 13.8. The lowest BCUT2D eigenvalue weighted by Gasteiger charge is -2.12. The van der Waals surface area contributed by atoms with E-state index >= 15 is 0 Å². The second-order valence-corrected chi connectivity index (χ2v) is 4.90. The Morgan fingerprint density at radius 3 is 2.81 bits per heavy atom. The van der Waals surface area contributed by atoms with Gasteiger partial charge in [0.05, 0.1) is 0 Å². The van der Waals surface area contributed by atoms with E-state index in [0.29, 0.717) is 0 Å². The molecule has 0 spiro atoms. The van der Waals surface area contributed by atoms with Crippen molar-refractivity contribution in [3.63, 3.8) is 0 Å². The number of nitrogens with zero attached hydrogens (tertiary/aromatic N) is 1. The number of aliphatic hydroxyl groups excluding tert-OH is 1. The third-order valence-corrected chi connectivity index (χ3v) is 3.38. The molecule has 5 heteroatoms. The maximum Gasteiger partial charge on any atom is 0.171 e. The van der Waals surface area contributed by atoms with E-state index in [9.17, 15) is 0 Å². The smallest absolute Gasteiger partial charge is 0.171 e. The van der Waals surface area contributed by atoms with Crippen LogP contribution in [0.15, 0.2) is 34.3 Å². The SMILES string of the molecule is CC(CCO)Sc1ccccc1C(N)=NO. The van der Waals surface area contributed by atoms with Gasteiger partial charge >= 0.3 is 0 Å². The summed E-state index contributed by atoms with van der Waals surface area (Å²) in [5.74, 6) is 0.110. The van der Waals surface area contributed by atoms with Gasteiger partial charge in [-0.1, -0.05) is 30.3 Å². The van der Waals surface area contributed by atoms with E-state index in [1.165, 1.54) is 0 Å². The Morgan fingerprint density at radius 1 is 1.50 bits per heavy atom. The highest BCUT2D eigenvalue weighted by molar-refractivity contribution is 8.00. The molecular weight excluding hydrogens is 224 g/mol. The van der Waals surface area contributed by atoms with Crippen LogP contribution < -0.4 is 5.73 Å². The Morgan fingerprint density at radius 2 is 2.19 bits per heavy atom. The number of hydrogen-bond donors (Lipinski definition) is 3. The maximum atomic E-state index is 8.84. The summed E-state index contributed by atoms with van der Waals surface area (Å²) in [6.45, 7) is 2.20. The minimum atomic E-state index is 0.110. The number of benzene rings is 1. The van der Waals surface area contributed by atoms with Crippen LogP contribution in [-0.4, -0.2) is 28.0 Å². The van der Waals surface area contributed by atoms with E-state index in [1.807, 2.05) is 31.2 Å². The first-order valence-corrected chi connectivity index (χ1v) is 5.91. The summed E-state index contributed by atoms with van der Waals surface area (Å²) in [6.07, 6.45) is 0.717. The summed E-state index contributed by atoms with van der Waals surface area (Å²) in [7, 11) is 0. The predicted octanol–water partition coefficient (Wildman–Crippen LogP) is 1.64. The van der Waals surface area contributed by atoms with Crippen LogP contribution >= 0.6 is 11.8 Å². The maximum absolute atomic E-state index is 8.84. The quantitative estimate of drug-likeness (QED) is 0.240. The first kappa shape index (κ1) is 12.9. The molecule has 0 aliphatic heterocycles. The van der Waals surface area contributed by atoms with E-state index < -0.39 is 0 Å². The molecule has 4 nitrogen and oxygen atoms in total. The van der Waals surface area contributed by atoms with Crippen LogP contribution in [0.25, 0.3) is 0 Å². The second-order valence-electron chi connectivity index (χ2n) is 3.42. The number of thioether (sulfide) groups is 1. The average Bonchev–Trinajstić information content (AvgIpc) is 2.29. The minimum Gasteiger partial charge on any atom is -0.409 e. The molecule has 0 aromatic heterocycles. The molecule has 4 N–H and O–H groups in total. The fraction of sp³-hybridized carbons (Fsp3) is 0.364. The van der Waals surface area contributed by atoms with Gasteiger partial charge in [0.1, 0.15) is 0 Å². The number of amidine groups is 1.